The second kappa shape index (κ2) is 8.17. The normalized spacial score (nSPS) is 15.4. The van der Waals surface area contributed by atoms with Crippen LogP contribution in [0.1, 0.15) is 50.7 Å². The first-order valence-electron chi connectivity index (χ1n) is 9.86. The first-order valence-corrected chi connectivity index (χ1v) is 9.86. The summed E-state index contributed by atoms with van der Waals surface area (Å²) in [5.74, 6) is 1.33. The topological polar surface area (TPSA) is 67.3 Å². The van der Waals surface area contributed by atoms with Crippen LogP contribution >= 0.6 is 0 Å². The summed E-state index contributed by atoms with van der Waals surface area (Å²) >= 11 is 0. The summed E-state index contributed by atoms with van der Waals surface area (Å²) in [5.41, 5.74) is 3.07. The monoisotopic (exact) mass is 382 g/mol. The molecule has 0 radical (unpaired) electrons. The smallest absolute Gasteiger partial charge is 0.321 e. The molecule has 1 aliphatic heterocycles. The Balaban J connectivity index is 1.51. The lowest BCUT2D eigenvalue weighted by Gasteiger charge is -2.32. The van der Waals surface area contributed by atoms with Gasteiger partial charge in [0.15, 0.2) is 0 Å². The summed E-state index contributed by atoms with van der Waals surface area (Å²) in [6.07, 6.45) is 1.65. The Morgan fingerprint density at radius 2 is 1.75 bits per heavy atom. The molecule has 0 atom stereocenters. The molecule has 0 saturated carbocycles. The van der Waals surface area contributed by atoms with Gasteiger partial charge in [-0.05, 0) is 37.0 Å². The Kier molecular flexibility index (Phi) is 5.87. The number of hydrogen-bond acceptors (Lipinski definition) is 4. The lowest BCUT2D eigenvalue weighted by molar-refractivity contribution is 0.111. The number of amides is 2. The van der Waals surface area contributed by atoms with Crippen molar-refractivity contribution in [2.45, 2.75) is 59.0 Å². The van der Waals surface area contributed by atoms with E-state index in [2.05, 4.69) is 48.2 Å². The zero-order chi connectivity index (χ0) is 20.3. The third kappa shape index (κ3) is 5.21. The van der Waals surface area contributed by atoms with Gasteiger partial charge in [-0.2, -0.15) is 4.98 Å². The number of carbonyl (C=O) groups excluding carboxylic acids is 1. The third-order valence-corrected chi connectivity index (χ3v) is 4.96. The zero-order valence-corrected chi connectivity index (χ0v) is 17.5. The van der Waals surface area contributed by atoms with Crippen LogP contribution in [-0.2, 0) is 5.41 Å². The predicted octanol–water partition coefficient (Wildman–Crippen LogP) is 4.47. The van der Waals surface area contributed by atoms with E-state index in [1.807, 2.05) is 36.9 Å². The maximum atomic E-state index is 12.6. The van der Waals surface area contributed by atoms with E-state index < -0.39 is 0 Å². The number of urea groups is 1. The van der Waals surface area contributed by atoms with Crippen molar-refractivity contribution in [2.24, 2.45) is 0 Å². The van der Waals surface area contributed by atoms with Crippen molar-refractivity contribution in [3.63, 3.8) is 0 Å². The van der Waals surface area contributed by atoms with E-state index in [-0.39, 0.29) is 17.6 Å². The van der Waals surface area contributed by atoms with Crippen molar-refractivity contribution in [3.05, 3.63) is 47.4 Å². The minimum Gasteiger partial charge on any atom is -0.474 e. The van der Waals surface area contributed by atoms with Crippen LogP contribution in [0.5, 0.6) is 5.88 Å². The number of nitrogens with zero attached hydrogens (tertiary/aromatic N) is 3. The molecule has 150 valence electrons. The Morgan fingerprint density at radius 1 is 1.11 bits per heavy atom. The first-order chi connectivity index (χ1) is 13.2. The molecular formula is C22H30N4O2. The summed E-state index contributed by atoms with van der Waals surface area (Å²) in [6.45, 7) is 11.7. The number of hydrogen-bond donors (Lipinski definition) is 1. The molecule has 6 heteroatoms. The predicted molar refractivity (Wildman–Crippen MR) is 111 cm³/mol. The fraction of sp³-hybridized carbons (Fsp3) is 0.500. The summed E-state index contributed by atoms with van der Waals surface area (Å²) in [6, 6.07) is 9.87. The SMILES string of the molecule is Cc1cc(OC2CCN(C(=O)Nc3ccc(C(C)(C)C)cc3)CC2)nc(C)n1. The molecule has 2 aromatic rings. The Morgan fingerprint density at radius 3 is 2.32 bits per heavy atom. The number of piperidine rings is 1. The van der Waals surface area contributed by atoms with Crippen LogP contribution in [0.2, 0.25) is 0 Å². The van der Waals surface area contributed by atoms with Crippen molar-refractivity contribution < 1.29 is 9.53 Å². The van der Waals surface area contributed by atoms with Crippen LogP contribution < -0.4 is 10.1 Å². The molecule has 6 nitrogen and oxygen atoms in total. The van der Waals surface area contributed by atoms with Crippen molar-refractivity contribution in [3.8, 4) is 5.88 Å². The molecule has 0 aliphatic carbocycles. The number of rotatable bonds is 3. The minimum atomic E-state index is -0.0596. The van der Waals surface area contributed by atoms with Crippen LogP contribution in [0.15, 0.2) is 30.3 Å². The van der Waals surface area contributed by atoms with Gasteiger partial charge in [0.25, 0.3) is 0 Å². The Hall–Kier alpha value is -2.63. The van der Waals surface area contributed by atoms with Gasteiger partial charge in [0.1, 0.15) is 11.9 Å². The highest BCUT2D eigenvalue weighted by atomic mass is 16.5. The number of anilines is 1. The standard InChI is InChI=1S/C22H30N4O2/c1-15-14-20(24-16(2)23-15)28-19-10-12-26(13-11-19)21(27)25-18-8-6-17(7-9-18)22(3,4)5/h6-9,14,19H,10-13H2,1-5H3,(H,25,27). The van der Waals surface area contributed by atoms with Gasteiger partial charge < -0.3 is 15.0 Å². The van der Waals surface area contributed by atoms with Gasteiger partial charge in [-0.15, -0.1) is 0 Å². The minimum absolute atomic E-state index is 0.0596. The van der Waals surface area contributed by atoms with Gasteiger partial charge in [-0.1, -0.05) is 32.9 Å². The number of nitrogens with one attached hydrogen (secondary N) is 1. The second-order valence-electron chi connectivity index (χ2n) is 8.46. The highest BCUT2D eigenvalue weighted by Gasteiger charge is 2.24. The number of carbonyl (C=O) groups is 1. The highest BCUT2D eigenvalue weighted by molar-refractivity contribution is 5.89. The molecule has 0 unspecified atom stereocenters. The number of ether oxygens (including phenoxy) is 1. The summed E-state index contributed by atoms with van der Waals surface area (Å²) in [4.78, 5) is 23.0. The summed E-state index contributed by atoms with van der Waals surface area (Å²) in [5, 5.41) is 3.00. The quantitative estimate of drug-likeness (QED) is 0.851. The van der Waals surface area contributed by atoms with E-state index in [1.54, 1.807) is 0 Å². The molecule has 3 rings (SSSR count). The van der Waals surface area contributed by atoms with Crippen molar-refractivity contribution in [1.29, 1.82) is 0 Å². The molecule has 1 aromatic carbocycles. The number of aromatic nitrogens is 2. The van der Waals surface area contributed by atoms with Crippen LogP contribution in [0.25, 0.3) is 0 Å². The van der Waals surface area contributed by atoms with Gasteiger partial charge >= 0.3 is 6.03 Å². The van der Waals surface area contributed by atoms with Crippen molar-refractivity contribution in [2.75, 3.05) is 18.4 Å². The van der Waals surface area contributed by atoms with Crippen LogP contribution in [0, 0.1) is 13.8 Å². The lowest BCUT2D eigenvalue weighted by atomic mass is 9.87. The molecule has 1 aliphatic rings. The number of benzene rings is 1. The van der Waals surface area contributed by atoms with Gasteiger partial charge in [0, 0.05) is 43.4 Å². The molecular weight excluding hydrogens is 352 g/mol. The highest BCUT2D eigenvalue weighted by Crippen LogP contribution is 2.24. The van der Waals surface area contributed by atoms with Crippen molar-refractivity contribution >= 4 is 11.7 Å². The molecule has 1 aromatic heterocycles. The second-order valence-corrected chi connectivity index (χ2v) is 8.46. The fourth-order valence-corrected chi connectivity index (χ4v) is 3.35. The van der Waals surface area contributed by atoms with Gasteiger partial charge in [0.2, 0.25) is 5.88 Å². The van der Waals surface area contributed by atoms with Crippen LogP contribution in [0.4, 0.5) is 10.5 Å². The third-order valence-electron chi connectivity index (χ3n) is 4.96. The van der Waals surface area contributed by atoms with Gasteiger partial charge in [0.05, 0.1) is 0 Å². The van der Waals surface area contributed by atoms with E-state index in [0.717, 1.165) is 24.2 Å². The molecule has 1 saturated heterocycles. The Bertz CT molecular complexity index is 799. The molecule has 1 fully saturated rings. The van der Waals surface area contributed by atoms with Crippen LogP contribution in [-0.4, -0.2) is 40.1 Å². The molecule has 2 amide bonds. The van der Waals surface area contributed by atoms with Crippen molar-refractivity contribution in [1.82, 2.24) is 14.9 Å². The van der Waals surface area contributed by atoms with E-state index in [4.69, 9.17) is 4.74 Å². The molecule has 1 N–H and O–H groups in total. The lowest BCUT2D eigenvalue weighted by Crippen LogP contribution is -2.43. The average Bonchev–Trinajstić information content (AvgIpc) is 2.61. The van der Waals surface area contributed by atoms with Crippen LogP contribution in [0.3, 0.4) is 0 Å². The number of likely N-dealkylation sites (tertiary alicyclic amines) is 1. The molecule has 0 bridgehead atoms. The summed E-state index contributed by atoms with van der Waals surface area (Å²) < 4.78 is 6.00. The summed E-state index contributed by atoms with van der Waals surface area (Å²) in [7, 11) is 0. The average molecular weight is 383 g/mol. The zero-order valence-electron chi connectivity index (χ0n) is 17.5. The van der Waals surface area contributed by atoms with E-state index in [9.17, 15) is 4.79 Å². The molecule has 2 heterocycles. The maximum absolute atomic E-state index is 12.6. The van der Waals surface area contributed by atoms with Gasteiger partial charge in [-0.25, -0.2) is 9.78 Å². The molecule has 28 heavy (non-hydrogen) atoms. The Labute approximate surface area is 167 Å². The fourth-order valence-electron chi connectivity index (χ4n) is 3.35. The molecule has 0 spiro atoms. The van der Waals surface area contributed by atoms with E-state index >= 15 is 0 Å². The number of aryl methyl sites for hydroxylation is 2. The first kappa shape index (κ1) is 20.1. The largest absolute Gasteiger partial charge is 0.474 e. The van der Waals surface area contributed by atoms with Gasteiger partial charge in [-0.3, -0.25) is 0 Å². The van der Waals surface area contributed by atoms with E-state index in [0.29, 0.717) is 24.8 Å². The van der Waals surface area contributed by atoms with E-state index in [1.165, 1.54) is 5.56 Å². The maximum Gasteiger partial charge on any atom is 0.321 e.